The van der Waals surface area contributed by atoms with Crippen LogP contribution >= 0.6 is 11.3 Å². The van der Waals surface area contributed by atoms with E-state index < -0.39 is 0 Å². The molecule has 0 atom stereocenters. The van der Waals surface area contributed by atoms with Gasteiger partial charge in [-0.2, -0.15) is 0 Å². The van der Waals surface area contributed by atoms with Gasteiger partial charge in [-0.1, -0.05) is 155 Å². The van der Waals surface area contributed by atoms with Crippen molar-refractivity contribution < 1.29 is 0 Å². The summed E-state index contributed by atoms with van der Waals surface area (Å²) in [6, 6.07) is 44.9. The minimum absolute atomic E-state index is 0.0487. The number of nitrogens with zero attached hydrogens (tertiary/aromatic N) is 1. The quantitative estimate of drug-likeness (QED) is 0.175. The molecule has 65 heavy (non-hydrogen) atoms. The van der Waals surface area contributed by atoms with Gasteiger partial charge in [0, 0.05) is 64.5 Å². The van der Waals surface area contributed by atoms with Gasteiger partial charge in [0.2, 0.25) is 0 Å². The predicted octanol–water partition coefficient (Wildman–Crippen LogP) is 15.8. The molecule has 0 bridgehead atoms. The van der Waals surface area contributed by atoms with Crippen molar-refractivity contribution in [3.05, 3.63) is 149 Å². The smallest absolute Gasteiger partial charge is 0.198 e. The van der Waals surface area contributed by atoms with E-state index in [1.165, 1.54) is 127 Å². The largest absolute Gasteiger partial charge is 0.355 e. The number of benzene rings is 7. The Morgan fingerprint density at radius 1 is 0.585 bits per heavy atom. The lowest BCUT2D eigenvalue weighted by Crippen LogP contribution is -2.38. The fraction of sp³-hybridized carbons (Fsp3) is 0.311. The number of hydrogen-bond donors (Lipinski definition) is 1. The van der Waals surface area contributed by atoms with Crippen molar-refractivity contribution in [3.8, 4) is 27.9 Å². The van der Waals surface area contributed by atoms with E-state index in [0.29, 0.717) is 0 Å². The molecule has 9 aromatic rings. The number of fused-ring (bicyclic) bond motifs is 13. The number of nitrogens with one attached hydrogen (secondary N) is 1. The number of rotatable bonds is 3. The Kier molecular flexibility index (Phi) is 8.36. The summed E-state index contributed by atoms with van der Waals surface area (Å²) in [5.74, 6) is 0. The minimum Gasteiger partial charge on any atom is -0.355 e. The van der Waals surface area contributed by atoms with Crippen LogP contribution in [0.4, 0.5) is 11.4 Å². The van der Waals surface area contributed by atoms with Gasteiger partial charge >= 0.3 is 0 Å². The van der Waals surface area contributed by atoms with E-state index in [1.807, 2.05) is 11.3 Å². The van der Waals surface area contributed by atoms with Crippen molar-refractivity contribution in [2.45, 2.75) is 123 Å². The summed E-state index contributed by atoms with van der Waals surface area (Å²) >= 11 is 1.97. The molecule has 3 aliphatic rings. The molecule has 1 N–H and O–H groups in total. The topological polar surface area (TPSA) is 17.0 Å². The Morgan fingerprint density at radius 2 is 1.25 bits per heavy atom. The summed E-state index contributed by atoms with van der Waals surface area (Å²) in [6.07, 6.45) is 2.36. The first-order chi connectivity index (χ1) is 30.7. The second-order valence-electron chi connectivity index (χ2n) is 23.6. The molecule has 2 aromatic heterocycles. The van der Waals surface area contributed by atoms with Crippen molar-refractivity contribution >= 4 is 82.9 Å². The molecular weight excluding hydrogens is 804 g/mol. The Labute approximate surface area is 390 Å². The lowest BCUT2D eigenvalue weighted by molar-refractivity contribution is 0.332. The number of hydrogen-bond acceptors (Lipinski definition) is 2. The second-order valence-corrected chi connectivity index (χ2v) is 24.6. The Bertz CT molecular complexity index is 3520. The van der Waals surface area contributed by atoms with E-state index in [0.717, 1.165) is 11.4 Å². The molecule has 0 fully saturated rings. The normalized spacial score (nSPS) is 16.7. The van der Waals surface area contributed by atoms with E-state index in [1.54, 1.807) is 0 Å². The van der Waals surface area contributed by atoms with Crippen LogP contribution in [0.25, 0.3) is 69.9 Å². The molecule has 0 amide bonds. The predicted molar refractivity (Wildman–Crippen MR) is 284 cm³/mol. The van der Waals surface area contributed by atoms with Gasteiger partial charge in [0.25, 0.3) is 0 Å². The first-order valence-corrected chi connectivity index (χ1v) is 24.7. The molecule has 0 saturated carbocycles. The van der Waals surface area contributed by atoms with Crippen LogP contribution in [0.5, 0.6) is 0 Å². The fourth-order valence-electron chi connectivity index (χ4n) is 12.0. The molecule has 3 heterocycles. The monoisotopic (exact) mass is 863 g/mol. The second kappa shape index (κ2) is 13.3. The van der Waals surface area contributed by atoms with Crippen LogP contribution in [0.3, 0.4) is 0 Å². The van der Waals surface area contributed by atoms with E-state index in [-0.39, 0.29) is 27.1 Å². The van der Waals surface area contributed by atoms with Crippen LogP contribution in [0.1, 0.15) is 129 Å². The molecule has 0 unspecified atom stereocenters. The number of thiophene rings is 1. The summed E-state index contributed by atoms with van der Waals surface area (Å²) in [6.45, 7) is 28.6. The Balaban J connectivity index is 1.25. The Morgan fingerprint density at radius 3 is 1.97 bits per heavy atom. The molecule has 4 heteroatoms. The van der Waals surface area contributed by atoms with Crippen LogP contribution < -0.4 is 16.2 Å². The Hall–Kier alpha value is -5.58. The van der Waals surface area contributed by atoms with E-state index in [2.05, 4.69) is 216 Å². The maximum absolute atomic E-state index is 4.00. The third kappa shape index (κ3) is 5.84. The lowest BCUT2D eigenvalue weighted by atomic mass is 9.58. The summed E-state index contributed by atoms with van der Waals surface area (Å²) < 4.78 is 5.40. The first kappa shape index (κ1) is 40.9. The van der Waals surface area contributed by atoms with Crippen LogP contribution in [0.15, 0.2) is 115 Å². The highest BCUT2D eigenvalue weighted by Crippen LogP contribution is 2.54. The molecule has 7 aromatic carbocycles. The molecule has 0 spiro atoms. The van der Waals surface area contributed by atoms with E-state index in [4.69, 9.17) is 0 Å². The van der Waals surface area contributed by atoms with Crippen molar-refractivity contribution in [1.29, 1.82) is 0 Å². The van der Waals surface area contributed by atoms with Crippen molar-refractivity contribution in [1.82, 2.24) is 4.57 Å². The van der Waals surface area contributed by atoms with Gasteiger partial charge in [-0.05, 0) is 139 Å². The molecule has 1 aliphatic heterocycles. The highest BCUT2D eigenvalue weighted by Gasteiger charge is 2.41. The van der Waals surface area contributed by atoms with Gasteiger partial charge in [0.15, 0.2) is 7.28 Å². The third-order valence-corrected chi connectivity index (χ3v) is 17.2. The van der Waals surface area contributed by atoms with Gasteiger partial charge in [-0.3, -0.25) is 0 Å². The van der Waals surface area contributed by atoms with Gasteiger partial charge in [-0.15, -0.1) is 11.3 Å². The highest BCUT2D eigenvalue weighted by molar-refractivity contribution is 7.26. The van der Waals surface area contributed by atoms with Crippen molar-refractivity contribution in [2.24, 2.45) is 0 Å². The van der Waals surface area contributed by atoms with E-state index >= 15 is 0 Å². The number of aromatic nitrogens is 1. The lowest BCUT2D eigenvalue weighted by Gasteiger charge is -2.42. The SMILES string of the molecule is CC(C)(C)c1ccc(Nc2ccc(C(C)(C)C)cc2-c2c3c4c(c5cc6c(cc5n4-c4cc5c(cc4[B]3)-c3ccccc3C5(C)C)C(C)(C)CCC6(C)C)c3c2sc2ccccc23)cc1. The average Bonchev–Trinajstić information content (AvgIpc) is 3.87. The molecule has 1 radical (unpaired) electrons. The summed E-state index contributed by atoms with van der Waals surface area (Å²) in [4.78, 5) is 0. The van der Waals surface area contributed by atoms with Crippen LogP contribution in [-0.4, -0.2) is 11.8 Å². The summed E-state index contributed by atoms with van der Waals surface area (Å²) in [7, 11) is 2.57. The summed E-state index contributed by atoms with van der Waals surface area (Å²) in [5.41, 5.74) is 22.6. The maximum atomic E-state index is 4.00. The zero-order chi connectivity index (χ0) is 45.3. The van der Waals surface area contributed by atoms with Gasteiger partial charge in [0.1, 0.15) is 0 Å². The molecular formula is C61H60BN2S. The molecule has 323 valence electrons. The zero-order valence-corrected chi connectivity index (χ0v) is 41.1. The highest BCUT2D eigenvalue weighted by atomic mass is 32.1. The average molecular weight is 864 g/mol. The van der Waals surface area contributed by atoms with Gasteiger partial charge < -0.3 is 9.88 Å². The minimum atomic E-state index is -0.119. The van der Waals surface area contributed by atoms with Crippen molar-refractivity contribution in [3.63, 3.8) is 0 Å². The number of anilines is 2. The van der Waals surface area contributed by atoms with Crippen LogP contribution in [0, 0.1) is 0 Å². The zero-order valence-electron chi connectivity index (χ0n) is 40.3. The van der Waals surface area contributed by atoms with Crippen molar-refractivity contribution in [2.75, 3.05) is 5.32 Å². The fourth-order valence-corrected chi connectivity index (χ4v) is 13.3. The van der Waals surface area contributed by atoms with Gasteiger partial charge in [-0.25, -0.2) is 0 Å². The molecule has 0 saturated heterocycles. The summed E-state index contributed by atoms with van der Waals surface area (Å²) in [5, 5.41) is 9.47. The molecule has 2 nitrogen and oxygen atoms in total. The van der Waals surface area contributed by atoms with E-state index in [9.17, 15) is 0 Å². The molecule has 12 rings (SSSR count). The third-order valence-electron chi connectivity index (χ3n) is 16.0. The maximum Gasteiger partial charge on any atom is 0.198 e. The van der Waals surface area contributed by atoms with Crippen LogP contribution in [0.2, 0.25) is 0 Å². The van der Waals surface area contributed by atoms with Gasteiger partial charge in [0.05, 0.1) is 5.52 Å². The standard InChI is InChI=1S/C61H60BN2S/c1-57(2,3)34-21-24-36(25-22-34)63-47-26-23-35(58(4,5)6)29-40(47)53-54-55-51(52-38-18-14-16-20-50(38)65-56(52)53)41-30-44-45(60(9,10)28-27-59(44,7)8)33-48(41)64(55)49-32-43-39(31-46(49)62-54)37-17-13-15-19-42(37)61(43,11)12/h13-26,29-33,63H,27-28H2,1-12H3. The first-order valence-electron chi connectivity index (χ1n) is 23.9. The molecule has 2 aliphatic carbocycles. The van der Waals surface area contributed by atoms with Crippen LogP contribution in [-0.2, 0) is 27.1 Å².